The quantitative estimate of drug-likeness (QED) is 0.662. The minimum absolute atomic E-state index is 0.0809. The Hall–Kier alpha value is -1.94. The number of hydrogen-bond acceptors (Lipinski definition) is 3. The molecule has 1 fully saturated rings. The molecule has 1 saturated heterocycles. The van der Waals surface area contributed by atoms with Gasteiger partial charge in [-0.1, -0.05) is 42.0 Å². The fourth-order valence-corrected chi connectivity index (χ4v) is 5.33. The molecule has 0 aliphatic carbocycles. The van der Waals surface area contributed by atoms with Gasteiger partial charge in [0, 0.05) is 10.1 Å². The lowest BCUT2D eigenvalue weighted by Gasteiger charge is -2.28. The van der Waals surface area contributed by atoms with Crippen molar-refractivity contribution in [2.24, 2.45) is 0 Å². The van der Waals surface area contributed by atoms with Gasteiger partial charge in [0.2, 0.25) is 0 Å². The second-order valence-electron chi connectivity index (χ2n) is 8.18. The molecule has 0 radical (unpaired) electrons. The summed E-state index contributed by atoms with van der Waals surface area (Å²) in [4.78, 5) is 16.2. The summed E-state index contributed by atoms with van der Waals surface area (Å²) in [5.74, 6) is 0. The van der Waals surface area contributed by atoms with Crippen LogP contribution in [0.4, 0.5) is 4.79 Å². The fourth-order valence-electron chi connectivity index (χ4n) is 4.01. The first-order valence-electron chi connectivity index (χ1n) is 9.17. The van der Waals surface area contributed by atoms with E-state index in [2.05, 4.69) is 55.5 Å². The molecule has 2 aromatic rings. The average molecular weight is 368 g/mol. The second-order valence-corrected chi connectivity index (χ2v) is 9.49. The van der Waals surface area contributed by atoms with Crippen LogP contribution in [0, 0.1) is 6.92 Å². The number of aryl methyl sites for hydroxylation is 1. The zero-order chi connectivity index (χ0) is 18.5. The third kappa shape index (κ3) is 3.11. The Kier molecular flexibility index (Phi) is 4.26. The van der Waals surface area contributed by atoms with Gasteiger partial charge in [-0.15, -0.1) is 11.8 Å². The van der Waals surface area contributed by atoms with Crippen molar-refractivity contribution in [3.8, 4) is 0 Å². The van der Waals surface area contributed by atoms with Crippen molar-refractivity contribution >= 4 is 17.9 Å². The number of rotatable bonds is 2. The van der Waals surface area contributed by atoms with Crippen LogP contribution in [0.15, 0.2) is 53.4 Å². The van der Waals surface area contributed by atoms with E-state index in [1.807, 2.05) is 37.4 Å². The lowest BCUT2D eigenvalue weighted by Crippen LogP contribution is -2.35. The molecule has 4 rings (SSSR count). The molecule has 26 heavy (non-hydrogen) atoms. The molecule has 0 spiro atoms. The van der Waals surface area contributed by atoms with Gasteiger partial charge < -0.3 is 4.74 Å². The van der Waals surface area contributed by atoms with E-state index in [4.69, 9.17) is 4.74 Å². The zero-order valence-corrected chi connectivity index (χ0v) is 16.5. The normalized spacial score (nSPS) is 23.8. The van der Waals surface area contributed by atoms with Gasteiger partial charge in [-0.3, -0.25) is 4.90 Å². The van der Waals surface area contributed by atoms with Gasteiger partial charge in [0.25, 0.3) is 0 Å². The van der Waals surface area contributed by atoms with Gasteiger partial charge in [0.05, 0.1) is 12.1 Å². The van der Waals surface area contributed by atoms with Crippen molar-refractivity contribution in [1.82, 2.24) is 4.90 Å². The number of hydrogen-bond donors (Lipinski definition) is 0. The first kappa shape index (κ1) is 17.5. The largest absolute Gasteiger partial charge is 0.444 e. The number of carbonyl (C=O) groups excluding carboxylic acids is 1. The highest BCUT2D eigenvalue weighted by molar-refractivity contribution is 8.00. The third-order valence-corrected chi connectivity index (χ3v) is 6.33. The maximum absolute atomic E-state index is 12.9. The third-order valence-electron chi connectivity index (χ3n) is 5.03. The number of amides is 1. The van der Waals surface area contributed by atoms with Gasteiger partial charge in [0.1, 0.15) is 5.60 Å². The van der Waals surface area contributed by atoms with Gasteiger partial charge in [-0.2, -0.15) is 0 Å². The Morgan fingerprint density at radius 2 is 1.73 bits per heavy atom. The average Bonchev–Trinajstić information content (AvgIpc) is 3.09. The molecular formula is C22H25NO2S. The summed E-state index contributed by atoms with van der Waals surface area (Å²) in [7, 11) is 0. The molecule has 3 atom stereocenters. The van der Waals surface area contributed by atoms with Crippen LogP contribution >= 0.6 is 11.8 Å². The predicted octanol–water partition coefficient (Wildman–Crippen LogP) is 5.89. The van der Waals surface area contributed by atoms with Crippen molar-refractivity contribution in [2.45, 2.75) is 61.9 Å². The lowest BCUT2D eigenvalue weighted by atomic mass is 9.92. The Bertz CT molecular complexity index is 825. The Labute approximate surface area is 159 Å². The molecule has 0 N–H and O–H groups in total. The van der Waals surface area contributed by atoms with Crippen LogP contribution < -0.4 is 0 Å². The predicted molar refractivity (Wildman–Crippen MR) is 105 cm³/mol. The Morgan fingerprint density at radius 3 is 2.38 bits per heavy atom. The van der Waals surface area contributed by atoms with Crippen LogP contribution in [-0.4, -0.2) is 21.8 Å². The lowest BCUT2D eigenvalue weighted by molar-refractivity contribution is 0.0179. The molecule has 136 valence electrons. The molecule has 4 heteroatoms. The van der Waals surface area contributed by atoms with Crippen molar-refractivity contribution < 1.29 is 9.53 Å². The summed E-state index contributed by atoms with van der Waals surface area (Å²) in [6.45, 7) is 7.88. The number of thioether (sulfide) groups is 1. The van der Waals surface area contributed by atoms with E-state index in [0.29, 0.717) is 5.25 Å². The number of fused-ring (bicyclic) bond motifs is 5. The van der Waals surface area contributed by atoms with Crippen LogP contribution in [-0.2, 0) is 4.74 Å². The Morgan fingerprint density at radius 1 is 1.08 bits per heavy atom. The molecule has 2 aliphatic heterocycles. The summed E-state index contributed by atoms with van der Waals surface area (Å²) in [5, 5.41) is 0.352. The maximum Gasteiger partial charge on any atom is 0.411 e. The van der Waals surface area contributed by atoms with E-state index in [1.165, 1.54) is 21.6 Å². The number of benzene rings is 2. The van der Waals surface area contributed by atoms with E-state index in [9.17, 15) is 4.79 Å². The molecule has 0 saturated carbocycles. The summed E-state index contributed by atoms with van der Waals surface area (Å²) in [6, 6.07) is 17.3. The van der Waals surface area contributed by atoms with Gasteiger partial charge in [-0.25, -0.2) is 4.79 Å². The zero-order valence-electron chi connectivity index (χ0n) is 15.7. The van der Waals surface area contributed by atoms with E-state index in [-0.39, 0.29) is 18.2 Å². The highest BCUT2D eigenvalue weighted by Gasteiger charge is 2.53. The molecule has 0 aromatic heterocycles. The number of ether oxygens (including phenoxy) is 1. The molecule has 3 nitrogen and oxygen atoms in total. The first-order valence-corrected chi connectivity index (χ1v) is 10.0. The monoisotopic (exact) mass is 367 g/mol. The minimum atomic E-state index is -0.481. The molecule has 2 bridgehead atoms. The minimum Gasteiger partial charge on any atom is -0.444 e. The highest BCUT2D eigenvalue weighted by atomic mass is 32.2. The number of nitrogens with zero attached hydrogens (tertiary/aromatic N) is 1. The highest BCUT2D eigenvalue weighted by Crippen LogP contribution is 2.58. The van der Waals surface area contributed by atoms with Crippen molar-refractivity contribution in [3.63, 3.8) is 0 Å². The van der Waals surface area contributed by atoms with Crippen LogP contribution in [0.5, 0.6) is 0 Å². The Balaban J connectivity index is 1.63. The standard InChI is InChI=1S/C22H25NO2S/c1-14-9-11-15(12-10-14)26-19-13-18-16-7-5-6-8-17(16)20(19)23(18)21(24)25-22(2,3)4/h5-12,18-20H,13H2,1-4H3/t18-,19+,20-/m0/s1. The fraction of sp³-hybridized carbons (Fsp3) is 0.409. The summed E-state index contributed by atoms with van der Waals surface area (Å²) in [6.07, 6.45) is 0.773. The molecule has 1 amide bonds. The van der Waals surface area contributed by atoms with E-state index >= 15 is 0 Å². The van der Waals surface area contributed by atoms with Crippen molar-refractivity contribution in [2.75, 3.05) is 0 Å². The molecule has 2 aromatic carbocycles. The SMILES string of the molecule is Cc1ccc(S[C@@H]2C[C@H]3c4ccccc4[C@@H]2N3C(=O)OC(C)(C)C)cc1. The van der Waals surface area contributed by atoms with Crippen molar-refractivity contribution in [3.05, 3.63) is 65.2 Å². The summed E-state index contributed by atoms with van der Waals surface area (Å²) >= 11 is 1.88. The van der Waals surface area contributed by atoms with Crippen LogP contribution in [0.25, 0.3) is 0 Å². The van der Waals surface area contributed by atoms with Crippen LogP contribution in [0.2, 0.25) is 0 Å². The second kappa shape index (κ2) is 6.34. The first-order chi connectivity index (χ1) is 12.3. The smallest absolute Gasteiger partial charge is 0.411 e. The van der Waals surface area contributed by atoms with Gasteiger partial charge in [0.15, 0.2) is 0 Å². The van der Waals surface area contributed by atoms with E-state index in [0.717, 1.165) is 6.42 Å². The molecule has 0 unspecified atom stereocenters. The summed E-state index contributed by atoms with van der Waals surface area (Å²) < 4.78 is 5.73. The maximum atomic E-state index is 12.9. The summed E-state index contributed by atoms with van der Waals surface area (Å²) in [5.41, 5.74) is 3.34. The van der Waals surface area contributed by atoms with Crippen LogP contribution in [0.1, 0.15) is 56.0 Å². The van der Waals surface area contributed by atoms with Crippen molar-refractivity contribution in [1.29, 1.82) is 0 Å². The van der Waals surface area contributed by atoms with Gasteiger partial charge in [-0.05, 0) is 57.4 Å². The number of carbonyl (C=O) groups is 1. The molecular weight excluding hydrogens is 342 g/mol. The van der Waals surface area contributed by atoms with Gasteiger partial charge >= 0.3 is 6.09 Å². The van der Waals surface area contributed by atoms with Crippen LogP contribution in [0.3, 0.4) is 0 Å². The van der Waals surface area contributed by atoms with E-state index in [1.54, 1.807) is 0 Å². The van der Waals surface area contributed by atoms with E-state index < -0.39 is 5.60 Å². The molecule has 2 aliphatic rings. The molecule has 2 heterocycles. The topological polar surface area (TPSA) is 29.5 Å².